The Labute approximate surface area is 146 Å². The quantitative estimate of drug-likeness (QED) is 0.688. The molecule has 0 aliphatic heterocycles. The highest BCUT2D eigenvalue weighted by molar-refractivity contribution is 5.92. The summed E-state index contributed by atoms with van der Waals surface area (Å²) in [7, 11) is 0. The molecule has 4 fully saturated rings. The monoisotopic (exact) mass is 344 g/mol. The highest BCUT2D eigenvalue weighted by Crippen LogP contribution is 2.60. The second-order valence-corrected chi connectivity index (χ2v) is 8.02. The maximum Gasteiger partial charge on any atom is 0.271 e. The van der Waals surface area contributed by atoms with E-state index in [1.165, 1.54) is 31.4 Å². The molecule has 1 heterocycles. The van der Waals surface area contributed by atoms with Crippen molar-refractivity contribution in [2.45, 2.75) is 38.5 Å². The van der Waals surface area contributed by atoms with Gasteiger partial charge in [0.05, 0.1) is 0 Å². The topological polar surface area (TPSA) is 104 Å². The highest BCUT2D eigenvalue weighted by Gasteiger charge is 2.54. The Morgan fingerprint density at radius 2 is 1.64 bits per heavy atom. The van der Waals surface area contributed by atoms with Crippen LogP contribution >= 0.6 is 0 Å². The van der Waals surface area contributed by atoms with Crippen LogP contribution in [-0.4, -0.2) is 35.1 Å². The van der Waals surface area contributed by atoms with E-state index in [4.69, 9.17) is 0 Å². The van der Waals surface area contributed by atoms with Crippen molar-refractivity contribution in [1.82, 2.24) is 20.8 Å². The summed E-state index contributed by atoms with van der Waals surface area (Å²) in [5.41, 5.74) is -0.342. The molecule has 2 amide bonds. The summed E-state index contributed by atoms with van der Waals surface area (Å²) >= 11 is 0. The third kappa shape index (κ3) is 3.19. The first-order valence-electron chi connectivity index (χ1n) is 9.16. The lowest BCUT2D eigenvalue weighted by Gasteiger charge is -2.55. The van der Waals surface area contributed by atoms with Gasteiger partial charge in [-0.15, -0.1) is 0 Å². The average Bonchev–Trinajstić information content (AvgIpc) is 2.57. The molecular weight excluding hydrogens is 320 g/mol. The van der Waals surface area contributed by atoms with Crippen molar-refractivity contribution in [2.75, 3.05) is 13.1 Å². The molecule has 25 heavy (non-hydrogen) atoms. The van der Waals surface area contributed by atoms with E-state index >= 15 is 0 Å². The van der Waals surface area contributed by atoms with Gasteiger partial charge in [0.2, 0.25) is 5.91 Å². The van der Waals surface area contributed by atoms with Crippen LogP contribution in [0.1, 0.15) is 49.0 Å². The molecule has 1 aromatic rings. The minimum atomic E-state index is -0.361. The van der Waals surface area contributed by atoms with E-state index in [-0.39, 0.29) is 28.5 Å². The Morgan fingerprint density at radius 3 is 2.20 bits per heavy atom. The number of nitrogens with zero attached hydrogens (tertiary/aromatic N) is 1. The van der Waals surface area contributed by atoms with Crippen LogP contribution in [-0.2, 0) is 4.79 Å². The Morgan fingerprint density at radius 1 is 1.04 bits per heavy atom. The fraction of sp³-hybridized carbons (Fsp3) is 0.667. The number of H-pyrrole nitrogens is 1. The summed E-state index contributed by atoms with van der Waals surface area (Å²) in [6.07, 6.45) is 7.06. The van der Waals surface area contributed by atoms with Gasteiger partial charge in [0.25, 0.3) is 11.5 Å². The van der Waals surface area contributed by atoms with Crippen molar-refractivity contribution in [2.24, 2.45) is 23.2 Å². The van der Waals surface area contributed by atoms with Crippen LogP contribution in [0.25, 0.3) is 0 Å². The van der Waals surface area contributed by atoms with Gasteiger partial charge in [0, 0.05) is 24.6 Å². The van der Waals surface area contributed by atoms with Crippen LogP contribution in [0.2, 0.25) is 0 Å². The van der Waals surface area contributed by atoms with E-state index < -0.39 is 0 Å². The van der Waals surface area contributed by atoms with E-state index in [0.29, 0.717) is 13.1 Å². The number of aromatic amines is 1. The normalized spacial score (nSPS) is 32.4. The van der Waals surface area contributed by atoms with E-state index in [9.17, 15) is 14.4 Å². The average molecular weight is 344 g/mol. The smallest absolute Gasteiger partial charge is 0.271 e. The molecule has 134 valence electrons. The predicted molar refractivity (Wildman–Crippen MR) is 90.8 cm³/mol. The summed E-state index contributed by atoms with van der Waals surface area (Å²) in [4.78, 5) is 35.6. The summed E-state index contributed by atoms with van der Waals surface area (Å²) in [5.74, 6) is 2.03. The Hall–Kier alpha value is -2.18. The third-order valence-corrected chi connectivity index (χ3v) is 6.13. The molecule has 0 saturated heterocycles. The van der Waals surface area contributed by atoms with E-state index in [1.54, 1.807) is 0 Å². The predicted octanol–water partition coefficient (Wildman–Crippen LogP) is 0.832. The maximum atomic E-state index is 12.8. The third-order valence-electron chi connectivity index (χ3n) is 6.13. The molecule has 0 aromatic carbocycles. The van der Waals surface area contributed by atoms with E-state index in [2.05, 4.69) is 20.8 Å². The lowest BCUT2D eigenvalue weighted by Crippen LogP contribution is -2.54. The van der Waals surface area contributed by atoms with Crippen molar-refractivity contribution >= 4 is 11.8 Å². The Kier molecular flexibility index (Phi) is 4.09. The summed E-state index contributed by atoms with van der Waals surface area (Å²) in [5, 5.41) is 11.6. The Balaban J connectivity index is 1.26. The van der Waals surface area contributed by atoms with Gasteiger partial charge in [0.15, 0.2) is 0 Å². The molecule has 5 rings (SSSR count). The van der Waals surface area contributed by atoms with Crippen molar-refractivity contribution in [1.29, 1.82) is 0 Å². The summed E-state index contributed by atoms with van der Waals surface area (Å²) in [6.45, 7) is 0.757. The molecule has 7 heteroatoms. The van der Waals surface area contributed by atoms with Crippen LogP contribution in [0.3, 0.4) is 0 Å². The van der Waals surface area contributed by atoms with Crippen molar-refractivity contribution in [3.05, 3.63) is 28.2 Å². The minimum Gasteiger partial charge on any atom is -0.354 e. The van der Waals surface area contributed by atoms with Gasteiger partial charge in [-0.3, -0.25) is 14.4 Å². The van der Waals surface area contributed by atoms with Crippen molar-refractivity contribution in [3.8, 4) is 0 Å². The van der Waals surface area contributed by atoms with Crippen molar-refractivity contribution in [3.63, 3.8) is 0 Å². The van der Waals surface area contributed by atoms with E-state index in [1.807, 2.05) is 0 Å². The van der Waals surface area contributed by atoms with Crippen LogP contribution < -0.4 is 16.2 Å². The van der Waals surface area contributed by atoms with Gasteiger partial charge in [-0.1, -0.05) is 0 Å². The molecule has 4 aliphatic carbocycles. The lowest BCUT2D eigenvalue weighted by molar-refractivity contribution is -0.146. The number of nitrogens with one attached hydrogen (secondary N) is 3. The second-order valence-electron chi connectivity index (χ2n) is 8.02. The van der Waals surface area contributed by atoms with Gasteiger partial charge >= 0.3 is 0 Å². The SMILES string of the molecule is O=C(NCCNC(=O)C12CC3CC(CC(C3)C1)C2)c1ccc(=O)[nH]n1. The number of amides is 2. The molecule has 4 bridgehead atoms. The number of aromatic nitrogens is 2. The summed E-state index contributed by atoms with van der Waals surface area (Å²) in [6, 6.07) is 2.64. The van der Waals surface area contributed by atoms with Gasteiger partial charge in [0.1, 0.15) is 5.69 Å². The second kappa shape index (κ2) is 6.28. The zero-order valence-electron chi connectivity index (χ0n) is 14.2. The van der Waals surface area contributed by atoms with Crippen LogP contribution in [0.15, 0.2) is 16.9 Å². The maximum absolute atomic E-state index is 12.8. The fourth-order valence-corrected chi connectivity index (χ4v) is 5.49. The first kappa shape index (κ1) is 16.3. The van der Waals surface area contributed by atoms with Crippen LogP contribution in [0, 0.1) is 23.2 Å². The number of hydrogen-bond acceptors (Lipinski definition) is 4. The number of carbonyl (C=O) groups excluding carboxylic acids is 2. The number of carbonyl (C=O) groups is 2. The lowest BCUT2D eigenvalue weighted by atomic mass is 9.49. The molecule has 0 unspecified atom stereocenters. The molecule has 0 spiro atoms. The van der Waals surface area contributed by atoms with Crippen LogP contribution in [0.5, 0.6) is 0 Å². The first-order chi connectivity index (χ1) is 12.0. The van der Waals surface area contributed by atoms with Crippen molar-refractivity contribution < 1.29 is 9.59 Å². The molecule has 1 aromatic heterocycles. The van der Waals surface area contributed by atoms with E-state index in [0.717, 1.165) is 37.0 Å². The van der Waals surface area contributed by atoms with Gasteiger partial charge in [-0.25, -0.2) is 5.10 Å². The molecule has 0 atom stereocenters. The first-order valence-corrected chi connectivity index (χ1v) is 9.16. The number of rotatable bonds is 5. The molecule has 7 nitrogen and oxygen atoms in total. The van der Waals surface area contributed by atoms with Gasteiger partial charge in [-0.05, 0) is 62.3 Å². The molecule has 4 aliphatic rings. The zero-order valence-corrected chi connectivity index (χ0v) is 14.2. The van der Waals surface area contributed by atoms with Crippen LogP contribution in [0.4, 0.5) is 0 Å². The molecule has 3 N–H and O–H groups in total. The largest absolute Gasteiger partial charge is 0.354 e. The zero-order chi connectivity index (χ0) is 17.4. The van der Waals surface area contributed by atoms with Gasteiger partial charge < -0.3 is 10.6 Å². The highest BCUT2D eigenvalue weighted by atomic mass is 16.2. The Bertz CT molecular complexity index is 686. The fourth-order valence-electron chi connectivity index (χ4n) is 5.49. The molecule has 0 radical (unpaired) electrons. The summed E-state index contributed by atoms with van der Waals surface area (Å²) < 4.78 is 0. The van der Waals surface area contributed by atoms with Gasteiger partial charge in [-0.2, -0.15) is 5.10 Å². The standard InChI is InChI=1S/C18H24N4O3/c23-15-2-1-14(21-22-15)16(24)19-3-4-20-17(25)18-8-11-5-12(9-18)7-13(6-11)10-18/h1-2,11-13H,3-10H2,(H,19,24)(H,20,25)(H,22,23). The number of hydrogen-bond donors (Lipinski definition) is 3. The minimum absolute atomic E-state index is 0.154. The molecular formula is C18H24N4O3. The molecule has 4 saturated carbocycles.